The molecule has 2 rings (SSSR count). The summed E-state index contributed by atoms with van der Waals surface area (Å²) in [5.41, 5.74) is 1.84. The maximum Gasteiger partial charge on any atom is 0.410 e. The lowest BCUT2D eigenvalue weighted by Gasteiger charge is -2.38. The van der Waals surface area contributed by atoms with Crippen molar-refractivity contribution in [1.82, 2.24) is 19.8 Å². The van der Waals surface area contributed by atoms with E-state index in [9.17, 15) is 4.79 Å². The van der Waals surface area contributed by atoms with Crippen molar-refractivity contribution >= 4 is 6.09 Å². The minimum Gasteiger partial charge on any atom is -0.444 e. The predicted octanol–water partition coefficient (Wildman–Crippen LogP) is 3.54. The van der Waals surface area contributed by atoms with Crippen LogP contribution in [0.2, 0.25) is 0 Å². The van der Waals surface area contributed by atoms with Gasteiger partial charge in [-0.15, -0.1) is 0 Å². The number of amides is 1. The number of hydrogen-bond acceptors (Lipinski definition) is 4. The van der Waals surface area contributed by atoms with E-state index in [-0.39, 0.29) is 11.5 Å². The number of nitrogens with one attached hydrogen (secondary N) is 1. The van der Waals surface area contributed by atoms with Gasteiger partial charge in [0.2, 0.25) is 0 Å². The van der Waals surface area contributed by atoms with Crippen molar-refractivity contribution in [2.45, 2.75) is 78.0 Å². The van der Waals surface area contributed by atoms with Crippen LogP contribution in [0.25, 0.3) is 0 Å². The topological polar surface area (TPSA) is 61.5 Å². The molecule has 1 aromatic heterocycles. The number of aromatic nitrogens is 2. The summed E-state index contributed by atoms with van der Waals surface area (Å²) in [6.45, 7) is 14.5. The number of likely N-dealkylation sites (N-methyl/N-ethyl adjacent to an activating group) is 1. The van der Waals surface area contributed by atoms with Crippen molar-refractivity contribution in [3.63, 3.8) is 0 Å². The summed E-state index contributed by atoms with van der Waals surface area (Å²) >= 11 is 0. The van der Waals surface area contributed by atoms with E-state index in [1.54, 1.807) is 6.33 Å². The van der Waals surface area contributed by atoms with Crippen LogP contribution in [-0.4, -0.2) is 57.6 Å². The van der Waals surface area contributed by atoms with Crippen LogP contribution >= 0.6 is 0 Å². The van der Waals surface area contributed by atoms with E-state index in [4.69, 9.17) is 4.74 Å². The molecule has 2 heterocycles. The number of nitrogens with zero attached hydrogens (tertiary/aromatic N) is 3. The Hall–Kier alpha value is -1.56. The van der Waals surface area contributed by atoms with Crippen LogP contribution in [0, 0.1) is 0 Å². The van der Waals surface area contributed by atoms with Gasteiger partial charge in [0.05, 0.1) is 17.7 Å². The van der Waals surface area contributed by atoms with Crippen molar-refractivity contribution in [2.75, 3.05) is 20.1 Å². The highest BCUT2D eigenvalue weighted by Crippen LogP contribution is 2.25. The molecule has 0 radical (unpaired) electrons. The summed E-state index contributed by atoms with van der Waals surface area (Å²) in [6, 6.07) is 0.331. The van der Waals surface area contributed by atoms with E-state index in [0.29, 0.717) is 12.6 Å². The number of likely N-dealkylation sites (tertiary alicyclic amines) is 1. The van der Waals surface area contributed by atoms with Gasteiger partial charge in [-0.25, -0.2) is 9.78 Å². The van der Waals surface area contributed by atoms with Crippen LogP contribution in [0.15, 0.2) is 6.33 Å². The monoisotopic (exact) mass is 350 g/mol. The Balaban J connectivity index is 1.99. The van der Waals surface area contributed by atoms with Crippen LogP contribution in [0.3, 0.4) is 0 Å². The molecule has 6 nitrogen and oxygen atoms in total. The number of ether oxygens (including phenoxy) is 1. The fourth-order valence-corrected chi connectivity index (χ4v) is 3.27. The highest BCUT2D eigenvalue weighted by atomic mass is 16.6. The lowest BCUT2D eigenvalue weighted by molar-refractivity contribution is 0.0120. The summed E-state index contributed by atoms with van der Waals surface area (Å²) < 4.78 is 5.53. The van der Waals surface area contributed by atoms with Gasteiger partial charge in [0.15, 0.2) is 0 Å². The van der Waals surface area contributed by atoms with E-state index < -0.39 is 5.60 Å². The number of carbonyl (C=O) groups is 1. The SMILES string of the molecule is CN(Cc1[nH]cnc1C(C)(C)C)[C@@H]1CCCN(C(=O)OC(C)(C)C)C1. The number of piperidine rings is 1. The van der Waals surface area contributed by atoms with E-state index in [1.807, 2.05) is 25.7 Å². The molecule has 0 spiro atoms. The normalized spacial score (nSPS) is 19.4. The minimum absolute atomic E-state index is 0.0191. The first-order valence-electron chi connectivity index (χ1n) is 9.18. The lowest BCUT2D eigenvalue weighted by atomic mass is 9.90. The standard InChI is InChI=1S/C19H34N4O2/c1-18(2,3)16-15(20-13-21-16)12-22(7)14-9-8-10-23(11-14)17(24)25-19(4,5)6/h13-14H,8-12H2,1-7H3,(H,20,21)/t14-/m1/s1. The molecular formula is C19H34N4O2. The van der Waals surface area contributed by atoms with Gasteiger partial charge in [0.1, 0.15) is 5.60 Å². The van der Waals surface area contributed by atoms with Crippen molar-refractivity contribution in [3.8, 4) is 0 Å². The summed E-state index contributed by atoms with van der Waals surface area (Å²) in [7, 11) is 2.12. The Morgan fingerprint density at radius 2 is 2.04 bits per heavy atom. The Morgan fingerprint density at radius 1 is 1.36 bits per heavy atom. The van der Waals surface area contributed by atoms with Gasteiger partial charge in [-0.2, -0.15) is 0 Å². The van der Waals surface area contributed by atoms with Gasteiger partial charge in [0.25, 0.3) is 0 Å². The summed E-state index contributed by atoms with van der Waals surface area (Å²) in [4.78, 5) is 24.3. The first-order valence-corrected chi connectivity index (χ1v) is 9.18. The highest BCUT2D eigenvalue weighted by Gasteiger charge is 2.30. The number of H-pyrrole nitrogens is 1. The van der Waals surface area contributed by atoms with Gasteiger partial charge in [-0.1, -0.05) is 20.8 Å². The van der Waals surface area contributed by atoms with Crippen LogP contribution in [0.4, 0.5) is 4.79 Å². The van der Waals surface area contributed by atoms with Crippen LogP contribution in [0.1, 0.15) is 65.8 Å². The third-order valence-electron chi connectivity index (χ3n) is 4.51. The molecule has 25 heavy (non-hydrogen) atoms. The highest BCUT2D eigenvalue weighted by molar-refractivity contribution is 5.68. The second-order valence-electron chi connectivity index (χ2n) is 9.12. The molecule has 1 aliphatic rings. The molecule has 1 amide bonds. The number of carbonyl (C=O) groups excluding carboxylic acids is 1. The maximum atomic E-state index is 12.4. The average Bonchev–Trinajstić information content (AvgIpc) is 2.94. The molecule has 6 heteroatoms. The maximum absolute atomic E-state index is 12.4. The third kappa shape index (κ3) is 5.46. The largest absolute Gasteiger partial charge is 0.444 e. The summed E-state index contributed by atoms with van der Waals surface area (Å²) in [6.07, 6.45) is 3.66. The molecule has 0 saturated carbocycles. The Bertz CT molecular complexity index is 583. The molecule has 142 valence electrons. The van der Waals surface area contributed by atoms with Gasteiger partial charge in [-0.05, 0) is 40.7 Å². The fraction of sp³-hybridized carbons (Fsp3) is 0.789. The molecule has 1 fully saturated rings. The second-order valence-corrected chi connectivity index (χ2v) is 9.12. The fourth-order valence-electron chi connectivity index (χ4n) is 3.27. The molecule has 0 unspecified atom stereocenters. The zero-order valence-electron chi connectivity index (χ0n) is 16.8. The quantitative estimate of drug-likeness (QED) is 0.906. The second kappa shape index (κ2) is 7.36. The zero-order valence-corrected chi connectivity index (χ0v) is 16.8. The number of aromatic amines is 1. The first kappa shape index (κ1) is 19.8. The molecule has 1 aliphatic heterocycles. The molecule has 0 aliphatic carbocycles. The molecule has 1 aromatic rings. The number of imidazole rings is 1. The summed E-state index contributed by atoms with van der Waals surface area (Å²) in [5, 5.41) is 0. The first-order chi connectivity index (χ1) is 11.5. The Morgan fingerprint density at radius 3 is 2.64 bits per heavy atom. The van der Waals surface area contributed by atoms with Gasteiger partial charge < -0.3 is 14.6 Å². The summed E-state index contributed by atoms with van der Waals surface area (Å²) in [5.74, 6) is 0. The van der Waals surface area contributed by atoms with Gasteiger partial charge >= 0.3 is 6.09 Å². The van der Waals surface area contributed by atoms with Crippen molar-refractivity contribution in [2.24, 2.45) is 0 Å². The lowest BCUT2D eigenvalue weighted by Crippen LogP contribution is -2.49. The zero-order chi connectivity index (χ0) is 18.8. The van der Waals surface area contributed by atoms with Crippen LogP contribution < -0.4 is 0 Å². The van der Waals surface area contributed by atoms with E-state index in [1.165, 1.54) is 0 Å². The molecule has 0 bridgehead atoms. The number of rotatable bonds is 3. The molecule has 1 saturated heterocycles. The third-order valence-corrected chi connectivity index (χ3v) is 4.51. The van der Waals surface area contributed by atoms with Crippen LogP contribution in [0.5, 0.6) is 0 Å². The van der Waals surface area contributed by atoms with Crippen LogP contribution in [-0.2, 0) is 16.7 Å². The average molecular weight is 351 g/mol. The van der Waals surface area contributed by atoms with Gasteiger partial charge in [0, 0.05) is 31.1 Å². The Labute approximate surface area is 151 Å². The van der Waals surface area contributed by atoms with Gasteiger partial charge in [-0.3, -0.25) is 4.90 Å². The van der Waals surface area contributed by atoms with E-state index in [2.05, 4.69) is 42.7 Å². The Kier molecular flexibility index (Phi) is 5.82. The van der Waals surface area contributed by atoms with Crippen molar-refractivity contribution in [3.05, 3.63) is 17.7 Å². The van der Waals surface area contributed by atoms with Crippen molar-refractivity contribution in [1.29, 1.82) is 0 Å². The molecule has 0 aromatic carbocycles. The molecule has 1 atom stereocenters. The van der Waals surface area contributed by atoms with E-state index >= 15 is 0 Å². The van der Waals surface area contributed by atoms with Crippen molar-refractivity contribution < 1.29 is 9.53 Å². The smallest absolute Gasteiger partial charge is 0.410 e. The molecule has 1 N–H and O–H groups in total. The molecular weight excluding hydrogens is 316 g/mol. The number of hydrogen-bond donors (Lipinski definition) is 1. The minimum atomic E-state index is -0.451. The predicted molar refractivity (Wildman–Crippen MR) is 99.6 cm³/mol. The van der Waals surface area contributed by atoms with E-state index in [0.717, 1.165) is 37.3 Å².